The van der Waals surface area contributed by atoms with E-state index in [2.05, 4.69) is 17.1 Å². The predicted octanol–water partition coefficient (Wildman–Crippen LogP) is 3.24. The number of H-pyrrole nitrogens is 1. The van der Waals surface area contributed by atoms with Gasteiger partial charge in [0.2, 0.25) is 17.7 Å². The molecule has 3 aromatic rings. The van der Waals surface area contributed by atoms with E-state index in [-0.39, 0.29) is 36.7 Å². The Balaban J connectivity index is 1.29. The van der Waals surface area contributed by atoms with Gasteiger partial charge < -0.3 is 19.5 Å². The summed E-state index contributed by atoms with van der Waals surface area (Å²) < 4.78 is 5.85. The van der Waals surface area contributed by atoms with E-state index in [0.29, 0.717) is 26.0 Å². The summed E-state index contributed by atoms with van der Waals surface area (Å²) in [6.07, 6.45) is 4.64. The second-order valence-electron chi connectivity index (χ2n) is 10.4. The molecule has 4 heterocycles. The van der Waals surface area contributed by atoms with Gasteiger partial charge >= 0.3 is 0 Å². The molecule has 6 rings (SSSR count). The maximum atomic E-state index is 13.8. The van der Waals surface area contributed by atoms with Crippen LogP contribution in [0.15, 0.2) is 42.5 Å². The minimum absolute atomic E-state index is 0.00554. The van der Waals surface area contributed by atoms with Crippen LogP contribution < -0.4 is 10.2 Å². The van der Waals surface area contributed by atoms with Crippen LogP contribution in [0.1, 0.15) is 60.5 Å². The summed E-state index contributed by atoms with van der Waals surface area (Å²) in [4.78, 5) is 45.9. The molecule has 1 saturated heterocycles. The highest BCUT2D eigenvalue weighted by Gasteiger charge is 2.48. The first-order valence-corrected chi connectivity index (χ1v) is 13.4. The molecule has 0 spiro atoms. The number of unbranched alkanes of at least 4 members (excludes halogenated alkanes) is 3. The van der Waals surface area contributed by atoms with E-state index < -0.39 is 6.04 Å². The minimum Gasteiger partial charge on any atom is -0.493 e. The number of hydrogen-bond donors (Lipinski definition) is 3. The molecule has 0 bridgehead atoms. The topological polar surface area (TPSA) is 115 Å². The van der Waals surface area contributed by atoms with Gasteiger partial charge in [0.25, 0.3) is 0 Å². The van der Waals surface area contributed by atoms with E-state index in [9.17, 15) is 14.4 Å². The van der Waals surface area contributed by atoms with Crippen LogP contribution in [0.25, 0.3) is 10.9 Å². The molecule has 9 nitrogen and oxygen atoms in total. The molecule has 1 aromatic heterocycles. The van der Waals surface area contributed by atoms with Crippen molar-refractivity contribution < 1.29 is 24.3 Å². The van der Waals surface area contributed by atoms with Gasteiger partial charge in [0, 0.05) is 48.0 Å². The highest BCUT2D eigenvalue weighted by molar-refractivity contribution is 5.97. The van der Waals surface area contributed by atoms with Crippen molar-refractivity contribution >= 4 is 28.6 Å². The number of rotatable bonds is 8. The van der Waals surface area contributed by atoms with Gasteiger partial charge in [-0.3, -0.25) is 19.6 Å². The summed E-state index contributed by atoms with van der Waals surface area (Å²) in [6, 6.07) is 13.2. The maximum Gasteiger partial charge on any atom is 0.246 e. The third kappa shape index (κ3) is 4.20. The number of para-hydroxylation sites is 1. The second-order valence-corrected chi connectivity index (χ2v) is 10.4. The summed E-state index contributed by atoms with van der Waals surface area (Å²) in [6.45, 7) is 1.20. The Hall–Kier alpha value is -3.85. The Morgan fingerprint density at radius 3 is 2.76 bits per heavy atom. The summed E-state index contributed by atoms with van der Waals surface area (Å²) in [5.41, 5.74) is 6.89. The predicted molar refractivity (Wildman–Crippen MR) is 140 cm³/mol. The molecule has 9 heteroatoms. The first-order valence-electron chi connectivity index (χ1n) is 13.4. The highest BCUT2D eigenvalue weighted by Crippen LogP contribution is 2.45. The number of amides is 3. The molecule has 0 radical (unpaired) electrons. The van der Waals surface area contributed by atoms with Gasteiger partial charge in [-0.2, -0.15) is 0 Å². The second kappa shape index (κ2) is 10.1. The summed E-state index contributed by atoms with van der Waals surface area (Å²) in [5, 5.41) is 9.71. The van der Waals surface area contributed by atoms with Crippen molar-refractivity contribution in [2.75, 3.05) is 19.7 Å². The molecule has 0 unspecified atom stereocenters. The lowest BCUT2D eigenvalue weighted by Gasteiger charge is -2.47. The van der Waals surface area contributed by atoms with Crippen molar-refractivity contribution in [1.82, 2.24) is 20.3 Å². The van der Waals surface area contributed by atoms with E-state index >= 15 is 0 Å². The molecule has 0 saturated carbocycles. The molecule has 3 N–H and O–H groups in total. The van der Waals surface area contributed by atoms with Crippen molar-refractivity contribution in [3.05, 3.63) is 64.8 Å². The van der Waals surface area contributed by atoms with Crippen molar-refractivity contribution in [3.8, 4) is 5.75 Å². The lowest BCUT2D eigenvalue weighted by atomic mass is 9.84. The maximum absolute atomic E-state index is 13.8. The summed E-state index contributed by atoms with van der Waals surface area (Å²) in [5.74, 6) is 0.422. The van der Waals surface area contributed by atoms with Gasteiger partial charge in [-0.05, 0) is 36.1 Å². The molecule has 3 amide bonds. The fourth-order valence-corrected chi connectivity index (χ4v) is 6.34. The van der Waals surface area contributed by atoms with Crippen LogP contribution >= 0.6 is 0 Å². The van der Waals surface area contributed by atoms with Crippen LogP contribution in [-0.4, -0.2) is 63.5 Å². The number of benzene rings is 2. The van der Waals surface area contributed by atoms with E-state index in [1.807, 2.05) is 35.2 Å². The molecule has 3 aliphatic rings. The number of hydroxylamine groups is 1. The van der Waals surface area contributed by atoms with Crippen LogP contribution in [0.3, 0.4) is 0 Å². The quantitative estimate of drug-likeness (QED) is 0.242. The molecule has 198 valence electrons. The van der Waals surface area contributed by atoms with Crippen molar-refractivity contribution in [2.45, 2.75) is 57.0 Å². The Morgan fingerprint density at radius 1 is 1.05 bits per heavy atom. The number of nitrogens with one attached hydrogen (secondary N) is 2. The van der Waals surface area contributed by atoms with Crippen molar-refractivity contribution in [1.29, 1.82) is 0 Å². The average Bonchev–Trinajstić information content (AvgIpc) is 3.56. The smallest absolute Gasteiger partial charge is 0.246 e. The fraction of sp³-hybridized carbons (Fsp3) is 0.414. The molecule has 0 aliphatic carbocycles. The van der Waals surface area contributed by atoms with Crippen LogP contribution in [0.5, 0.6) is 5.75 Å². The van der Waals surface area contributed by atoms with Gasteiger partial charge in [-0.15, -0.1) is 0 Å². The van der Waals surface area contributed by atoms with E-state index in [0.717, 1.165) is 64.7 Å². The molecule has 3 aliphatic heterocycles. The highest BCUT2D eigenvalue weighted by atomic mass is 16.5. The first-order chi connectivity index (χ1) is 18.6. The Labute approximate surface area is 220 Å². The zero-order chi connectivity index (χ0) is 26.2. The zero-order valence-electron chi connectivity index (χ0n) is 21.2. The number of fused-ring (bicyclic) bond motifs is 5. The minimum atomic E-state index is -0.556. The van der Waals surface area contributed by atoms with Gasteiger partial charge in [-0.25, -0.2) is 5.48 Å². The average molecular weight is 517 g/mol. The molecular formula is C29H32N4O5. The molecule has 2 aromatic carbocycles. The zero-order valence-corrected chi connectivity index (χ0v) is 21.2. The van der Waals surface area contributed by atoms with Gasteiger partial charge in [0.15, 0.2) is 0 Å². The van der Waals surface area contributed by atoms with E-state index in [1.165, 1.54) is 0 Å². The normalized spacial score (nSPS) is 20.2. The van der Waals surface area contributed by atoms with E-state index in [4.69, 9.17) is 9.94 Å². The number of piperazine rings is 1. The summed E-state index contributed by atoms with van der Waals surface area (Å²) >= 11 is 0. The van der Waals surface area contributed by atoms with Crippen LogP contribution in [-0.2, 0) is 27.2 Å². The lowest BCUT2D eigenvalue weighted by molar-refractivity contribution is -0.158. The summed E-state index contributed by atoms with van der Waals surface area (Å²) in [7, 11) is 0. The number of carbonyl (C=O) groups excluding carboxylic acids is 3. The van der Waals surface area contributed by atoms with E-state index in [1.54, 1.807) is 10.4 Å². The van der Waals surface area contributed by atoms with Gasteiger partial charge in [0.05, 0.1) is 19.2 Å². The van der Waals surface area contributed by atoms with Crippen molar-refractivity contribution in [2.24, 2.45) is 0 Å². The van der Waals surface area contributed by atoms with Gasteiger partial charge in [-0.1, -0.05) is 43.2 Å². The van der Waals surface area contributed by atoms with Crippen LogP contribution in [0, 0.1) is 0 Å². The standard InChI is InChI=1S/C29H32N4O5/c34-25(31-37)12-3-1-2-6-14-32-17-26(35)33-23(29(32)36)16-21-18-8-4-5-10-22(18)30-27(21)28(33)20-9-7-11-24-19(20)13-15-38-24/h4-5,7-11,23,28,30,37H,1-3,6,12-17H2,(H,31,34)/t23-,28-/m0/s1. The Kier molecular flexibility index (Phi) is 6.53. The third-order valence-electron chi connectivity index (χ3n) is 8.12. The molecule has 1 fully saturated rings. The number of carbonyl (C=O) groups is 3. The Bertz CT molecular complexity index is 1400. The largest absolute Gasteiger partial charge is 0.493 e. The molecule has 2 atom stereocenters. The first kappa shape index (κ1) is 24.5. The van der Waals surface area contributed by atoms with Crippen molar-refractivity contribution in [3.63, 3.8) is 0 Å². The Morgan fingerprint density at radius 2 is 1.89 bits per heavy atom. The molecular weight excluding hydrogens is 484 g/mol. The number of aromatic nitrogens is 1. The molecule has 38 heavy (non-hydrogen) atoms. The number of aromatic amines is 1. The number of nitrogens with zero attached hydrogens (tertiary/aromatic N) is 2. The van der Waals surface area contributed by atoms with Crippen LogP contribution in [0.2, 0.25) is 0 Å². The van der Waals surface area contributed by atoms with Crippen LogP contribution in [0.4, 0.5) is 0 Å². The number of ether oxygens (including phenoxy) is 1. The van der Waals surface area contributed by atoms with Gasteiger partial charge in [0.1, 0.15) is 11.8 Å². The number of hydrogen-bond acceptors (Lipinski definition) is 5. The monoisotopic (exact) mass is 516 g/mol. The SMILES string of the molecule is O=C(CCCCCCN1CC(=O)N2[C@@H](c3cccc4c3CCO4)c3[nH]c4ccccc4c3C[C@H]2C1=O)NO. The lowest BCUT2D eigenvalue weighted by Crippen LogP contribution is -2.63. The fourth-order valence-electron chi connectivity index (χ4n) is 6.34. The third-order valence-corrected chi connectivity index (χ3v) is 8.12.